The first-order valence-corrected chi connectivity index (χ1v) is 9.00. The molecule has 0 atom stereocenters. The first kappa shape index (κ1) is 18.5. The number of carbonyl (C=O) groups excluding carboxylic acids is 2. The molecular formula is C20H21ClN2O3. The minimum Gasteiger partial charge on any atom is -0.424 e. The fourth-order valence-corrected chi connectivity index (χ4v) is 3.52. The number of benzene rings is 1. The highest BCUT2D eigenvalue weighted by Gasteiger charge is 2.41. The van der Waals surface area contributed by atoms with E-state index in [0.717, 1.165) is 17.5 Å². The number of halogens is 1. The number of rotatable bonds is 4. The van der Waals surface area contributed by atoms with Crippen molar-refractivity contribution < 1.29 is 14.3 Å². The van der Waals surface area contributed by atoms with Crippen LogP contribution in [0.2, 0.25) is 5.02 Å². The Balaban J connectivity index is 1.94. The van der Waals surface area contributed by atoms with Crippen LogP contribution >= 0.6 is 11.6 Å². The zero-order valence-corrected chi connectivity index (χ0v) is 15.8. The number of aromatic nitrogens is 2. The maximum absolute atomic E-state index is 12.7. The van der Waals surface area contributed by atoms with E-state index in [-0.39, 0.29) is 23.0 Å². The number of carbonyl (C=O) groups is 2. The Kier molecular flexibility index (Phi) is 5.10. The summed E-state index contributed by atoms with van der Waals surface area (Å²) in [6, 6.07) is 5.60. The van der Waals surface area contributed by atoms with Gasteiger partial charge in [-0.3, -0.25) is 9.59 Å². The first-order chi connectivity index (χ1) is 12.3. The van der Waals surface area contributed by atoms with Crippen LogP contribution in [-0.2, 0) is 16.0 Å². The molecule has 26 heavy (non-hydrogen) atoms. The van der Waals surface area contributed by atoms with Gasteiger partial charge in [0.1, 0.15) is 23.2 Å². The van der Waals surface area contributed by atoms with Crippen LogP contribution in [0, 0.1) is 5.41 Å². The molecule has 6 heteroatoms. The van der Waals surface area contributed by atoms with Gasteiger partial charge < -0.3 is 4.74 Å². The maximum Gasteiger partial charge on any atom is 0.321 e. The highest BCUT2D eigenvalue weighted by Crippen LogP contribution is 2.40. The number of hydrogen-bond acceptors (Lipinski definition) is 5. The van der Waals surface area contributed by atoms with E-state index in [1.54, 1.807) is 12.1 Å². The Morgan fingerprint density at radius 2 is 1.77 bits per heavy atom. The second kappa shape index (κ2) is 7.16. The summed E-state index contributed by atoms with van der Waals surface area (Å²) < 4.78 is 5.67. The highest BCUT2D eigenvalue weighted by molar-refractivity contribution is 6.30. The van der Waals surface area contributed by atoms with Gasteiger partial charge in [-0.2, -0.15) is 0 Å². The fraction of sp³-hybridized carbons (Fsp3) is 0.400. The summed E-state index contributed by atoms with van der Waals surface area (Å²) in [7, 11) is 0. The molecule has 3 rings (SSSR count). The Bertz CT molecular complexity index is 827. The average Bonchev–Trinajstić information content (AvgIpc) is 2.55. The van der Waals surface area contributed by atoms with Crippen molar-refractivity contribution >= 4 is 23.2 Å². The van der Waals surface area contributed by atoms with E-state index in [1.165, 1.54) is 12.4 Å². The molecule has 136 valence electrons. The Hall–Kier alpha value is -2.27. The molecule has 1 aromatic heterocycles. The lowest BCUT2D eigenvalue weighted by Gasteiger charge is -2.33. The van der Waals surface area contributed by atoms with E-state index in [9.17, 15) is 9.59 Å². The van der Waals surface area contributed by atoms with Crippen molar-refractivity contribution in [3.63, 3.8) is 0 Å². The van der Waals surface area contributed by atoms with E-state index >= 15 is 0 Å². The SMILES string of the molecule is CCc1ccc(Oc2ncc(Cl)cn2)cc1C1C(=O)CC(C)(C)CC1=O. The molecule has 0 radical (unpaired) electrons. The summed E-state index contributed by atoms with van der Waals surface area (Å²) in [6.45, 7) is 5.91. The summed E-state index contributed by atoms with van der Waals surface area (Å²) in [5.41, 5.74) is 1.42. The van der Waals surface area contributed by atoms with Crippen molar-refractivity contribution in [2.75, 3.05) is 0 Å². The molecule has 1 heterocycles. The predicted molar refractivity (Wildman–Crippen MR) is 98.7 cm³/mol. The molecular weight excluding hydrogens is 352 g/mol. The van der Waals surface area contributed by atoms with Gasteiger partial charge in [0.25, 0.3) is 0 Å². The topological polar surface area (TPSA) is 69.2 Å². The van der Waals surface area contributed by atoms with Crippen LogP contribution in [0.15, 0.2) is 30.6 Å². The fourth-order valence-electron chi connectivity index (χ4n) is 3.42. The second-order valence-electron chi connectivity index (χ2n) is 7.38. The van der Waals surface area contributed by atoms with Crippen LogP contribution in [0.4, 0.5) is 0 Å². The van der Waals surface area contributed by atoms with Crippen LogP contribution < -0.4 is 4.74 Å². The summed E-state index contributed by atoms with van der Waals surface area (Å²) >= 11 is 5.78. The molecule has 0 amide bonds. The molecule has 1 aliphatic carbocycles. The predicted octanol–water partition coefficient (Wildman–Crippen LogP) is 4.53. The summed E-state index contributed by atoms with van der Waals surface area (Å²) in [4.78, 5) is 33.4. The van der Waals surface area contributed by atoms with Gasteiger partial charge in [0.15, 0.2) is 0 Å². The largest absolute Gasteiger partial charge is 0.424 e. The molecule has 1 aromatic carbocycles. The Morgan fingerprint density at radius 1 is 1.15 bits per heavy atom. The zero-order valence-electron chi connectivity index (χ0n) is 15.1. The molecule has 5 nitrogen and oxygen atoms in total. The quantitative estimate of drug-likeness (QED) is 0.737. The van der Waals surface area contributed by atoms with Gasteiger partial charge in [-0.15, -0.1) is 0 Å². The summed E-state index contributed by atoms with van der Waals surface area (Å²) in [5.74, 6) is -0.278. The third-order valence-electron chi connectivity index (χ3n) is 4.56. The van der Waals surface area contributed by atoms with Gasteiger partial charge in [-0.1, -0.05) is 38.4 Å². The second-order valence-corrected chi connectivity index (χ2v) is 7.82. The minimum absolute atomic E-state index is 0.0270. The highest BCUT2D eigenvalue weighted by atomic mass is 35.5. The molecule has 1 fully saturated rings. The number of ether oxygens (including phenoxy) is 1. The zero-order chi connectivity index (χ0) is 18.9. The van der Waals surface area contributed by atoms with Gasteiger partial charge >= 0.3 is 6.01 Å². The van der Waals surface area contributed by atoms with Gasteiger partial charge in [-0.25, -0.2) is 9.97 Å². The van der Waals surface area contributed by atoms with Crippen molar-refractivity contribution in [2.45, 2.75) is 46.0 Å². The minimum atomic E-state index is -0.715. The third-order valence-corrected chi connectivity index (χ3v) is 4.76. The number of Topliss-reactive ketones (excluding diaryl/α,β-unsaturated/α-hetero) is 2. The van der Waals surface area contributed by atoms with Crippen molar-refractivity contribution in [3.8, 4) is 11.8 Å². The number of nitrogens with zero attached hydrogens (tertiary/aromatic N) is 2. The van der Waals surface area contributed by atoms with Crippen LogP contribution in [0.25, 0.3) is 0 Å². The molecule has 0 unspecified atom stereocenters. The monoisotopic (exact) mass is 372 g/mol. The molecule has 0 saturated heterocycles. The number of aryl methyl sites for hydroxylation is 1. The van der Waals surface area contributed by atoms with Crippen LogP contribution in [-0.4, -0.2) is 21.5 Å². The summed E-state index contributed by atoms with van der Waals surface area (Å²) in [6.07, 6.45) is 4.42. The van der Waals surface area contributed by atoms with Gasteiger partial charge in [0, 0.05) is 12.8 Å². The third kappa shape index (κ3) is 3.93. The molecule has 1 aliphatic rings. The van der Waals surface area contributed by atoms with E-state index in [2.05, 4.69) is 9.97 Å². The summed E-state index contributed by atoms with van der Waals surface area (Å²) in [5, 5.41) is 0.417. The molecule has 2 aromatic rings. The lowest BCUT2D eigenvalue weighted by Crippen LogP contribution is -2.36. The van der Waals surface area contributed by atoms with Crippen molar-refractivity contribution in [3.05, 3.63) is 46.7 Å². The van der Waals surface area contributed by atoms with Gasteiger partial charge in [0.2, 0.25) is 0 Å². The standard InChI is InChI=1S/C20H21ClN2O3/c1-4-12-5-6-14(26-19-22-10-13(21)11-23-19)7-15(12)18-16(24)8-20(2,3)9-17(18)25/h5-7,10-11,18H,4,8-9H2,1-3H3. The Morgan fingerprint density at radius 3 is 2.35 bits per heavy atom. The Labute approximate surface area is 157 Å². The molecule has 0 spiro atoms. The van der Waals surface area contributed by atoms with E-state index in [4.69, 9.17) is 16.3 Å². The van der Waals surface area contributed by atoms with Crippen molar-refractivity contribution in [2.24, 2.45) is 5.41 Å². The van der Waals surface area contributed by atoms with Gasteiger partial charge in [-0.05, 0) is 35.1 Å². The first-order valence-electron chi connectivity index (χ1n) is 8.63. The molecule has 1 saturated carbocycles. The van der Waals surface area contributed by atoms with Crippen LogP contribution in [0.1, 0.15) is 50.7 Å². The lowest BCUT2D eigenvalue weighted by molar-refractivity contribution is -0.135. The molecule has 0 bridgehead atoms. The smallest absolute Gasteiger partial charge is 0.321 e. The van der Waals surface area contributed by atoms with Crippen molar-refractivity contribution in [1.82, 2.24) is 9.97 Å². The average molecular weight is 373 g/mol. The normalized spacial score (nSPS) is 17.4. The van der Waals surface area contributed by atoms with E-state index in [0.29, 0.717) is 23.6 Å². The molecule has 0 aliphatic heterocycles. The van der Waals surface area contributed by atoms with Crippen molar-refractivity contribution in [1.29, 1.82) is 0 Å². The van der Waals surface area contributed by atoms with E-state index < -0.39 is 5.92 Å². The van der Waals surface area contributed by atoms with E-state index in [1.807, 2.05) is 26.8 Å². The molecule has 0 N–H and O–H groups in total. The van der Waals surface area contributed by atoms with Crippen LogP contribution in [0.3, 0.4) is 0 Å². The number of hydrogen-bond donors (Lipinski definition) is 0. The maximum atomic E-state index is 12.7. The number of ketones is 2. The lowest BCUT2D eigenvalue weighted by atomic mass is 9.69. The van der Waals surface area contributed by atoms with Gasteiger partial charge in [0.05, 0.1) is 17.4 Å². The van der Waals surface area contributed by atoms with Crippen LogP contribution in [0.5, 0.6) is 11.8 Å².